The van der Waals surface area contributed by atoms with Gasteiger partial charge in [0.2, 0.25) is 0 Å². The number of hydrogen-bond donors (Lipinski definition) is 0. The maximum absolute atomic E-state index is 11.8. The van der Waals surface area contributed by atoms with E-state index in [1.54, 1.807) is 0 Å². The summed E-state index contributed by atoms with van der Waals surface area (Å²) in [5.41, 5.74) is 1.43. The zero-order valence-corrected chi connectivity index (χ0v) is 10.5. The fourth-order valence-corrected chi connectivity index (χ4v) is 3.94. The number of carbonyl (C=O) groups excluding carboxylic acids is 1. The highest BCUT2D eigenvalue weighted by Crippen LogP contribution is 2.42. The molecule has 0 saturated carbocycles. The van der Waals surface area contributed by atoms with Gasteiger partial charge in [0, 0.05) is 23.0 Å². The van der Waals surface area contributed by atoms with Crippen molar-refractivity contribution in [3.8, 4) is 0 Å². The predicted molar refractivity (Wildman–Crippen MR) is 68.5 cm³/mol. The van der Waals surface area contributed by atoms with Crippen LogP contribution in [0.25, 0.3) is 0 Å². The first-order valence-electron chi connectivity index (χ1n) is 6.17. The summed E-state index contributed by atoms with van der Waals surface area (Å²) in [5.74, 6) is 2.17. The van der Waals surface area contributed by atoms with Crippen LogP contribution in [0.3, 0.4) is 0 Å². The van der Waals surface area contributed by atoms with Gasteiger partial charge in [0.05, 0.1) is 13.2 Å². The van der Waals surface area contributed by atoms with Crippen molar-refractivity contribution in [2.45, 2.75) is 23.7 Å². The summed E-state index contributed by atoms with van der Waals surface area (Å²) in [7, 11) is 0. The second-order valence-corrected chi connectivity index (χ2v) is 5.83. The average Bonchev–Trinajstić information content (AvgIpc) is 2.76. The lowest BCUT2D eigenvalue weighted by Crippen LogP contribution is -2.29. The molecule has 3 rings (SSSR count). The lowest BCUT2D eigenvalue weighted by Gasteiger charge is -2.23. The summed E-state index contributed by atoms with van der Waals surface area (Å²) < 4.78 is 5.42. The third kappa shape index (κ3) is 2.26. The monoisotopic (exact) mass is 248 g/mol. The van der Waals surface area contributed by atoms with Gasteiger partial charge in [-0.25, -0.2) is 0 Å². The summed E-state index contributed by atoms with van der Waals surface area (Å²) in [6.07, 6.45) is 1.56. The van der Waals surface area contributed by atoms with Gasteiger partial charge in [0.25, 0.3) is 0 Å². The highest BCUT2D eigenvalue weighted by Gasteiger charge is 2.30. The Balaban J connectivity index is 1.72. The van der Waals surface area contributed by atoms with Crippen molar-refractivity contribution in [3.05, 3.63) is 29.8 Å². The molecule has 2 nitrogen and oxygen atoms in total. The van der Waals surface area contributed by atoms with Crippen LogP contribution in [0.4, 0.5) is 0 Å². The molecule has 90 valence electrons. The molecule has 1 saturated heterocycles. The normalized spacial score (nSPS) is 28.1. The standard InChI is InChI=1S/C14H16O2S/c15-13-5-6-16-8-10(13)7-11-9-17-14-4-2-1-3-12(11)14/h1-4,10-11H,5-9H2. The minimum Gasteiger partial charge on any atom is -0.380 e. The molecule has 0 amide bonds. The third-order valence-electron chi connectivity index (χ3n) is 3.64. The van der Waals surface area contributed by atoms with E-state index in [4.69, 9.17) is 4.74 Å². The van der Waals surface area contributed by atoms with Crippen LogP contribution in [0.15, 0.2) is 29.2 Å². The highest BCUT2D eigenvalue weighted by atomic mass is 32.2. The Kier molecular flexibility index (Phi) is 3.21. The van der Waals surface area contributed by atoms with Crippen LogP contribution in [0, 0.1) is 5.92 Å². The van der Waals surface area contributed by atoms with Crippen molar-refractivity contribution in [1.82, 2.24) is 0 Å². The van der Waals surface area contributed by atoms with E-state index in [2.05, 4.69) is 24.3 Å². The molecular weight excluding hydrogens is 232 g/mol. The van der Waals surface area contributed by atoms with Crippen molar-refractivity contribution in [1.29, 1.82) is 0 Å². The van der Waals surface area contributed by atoms with Gasteiger partial charge in [-0.05, 0) is 24.0 Å². The summed E-state index contributed by atoms with van der Waals surface area (Å²) >= 11 is 1.91. The summed E-state index contributed by atoms with van der Waals surface area (Å²) in [4.78, 5) is 13.2. The average molecular weight is 248 g/mol. The van der Waals surface area contributed by atoms with Gasteiger partial charge < -0.3 is 4.74 Å². The largest absolute Gasteiger partial charge is 0.380 e. The first-order chi connectivity index (χ1) is 8.34. The molecule has 2 aliphatic rings. The molecule has 17 heavy (non-hydrogen) atoms. The van der Waals surface area contributed by atoms with Crippen molar-refractivity contribution < 1.29 is 9.53 Å². The van der Waals surface area contributed by atoms with Gasteiger partial charge in [-0.3, -0.25) is 4.79 Å². The third-order valence-corrected chi connectivity index (χ3v) is 4.89. The van der Waals surface area contributed by atoms with Gasteiger partial charge in [0.1, 0.15) is 5.78 Å². The van der Waals surface area contributed by atoms with E-state index < -0.39 is 0 Å². The van der Waals surface area contributed by atoms with E-state index in [0.29, 0.717) is 31.3 Å². The first kappa shape index (κ1) is 11.3. The second kappa shape index (κ2) is 4.83. The molecule has 1 fully saturated rings. The van der Waals surface area contributed by atoms with Gasteiger partial charge in [-0.15, -0.1) is 11.8 Å². The van der Waals surface area contributed by atoms with Crippen LogP contribution < -0.4 is 0 Å². The van der Waals surface area contributed by atoms with Crippen LogP contribution in [0.5, 0.6) is 0 Å². The van der Waals surface area contributed by atoms with Crippen LogP contribution in [-0.4, -0.2) is 24.7 Å². The molecule has 2 unspecified atom stereocenters. The molecule has 0 aromatic heterocycles. The van der Waals surface area contributed by atoms with Gasteiger partial charge in [0.15, 0.2) is 0 Å². The number of hydrogen-bond acceptors (Lipinski definition) is 3. The van der Waals surface area contributed by atoms with E-state index in [1.165, 1.54) is 10.5 Å². The van der Waals surface area contributed by atoms with Crippen molar-refractivity contribution in [2.24, 2.45) is 5.92 Å². The van der Waals surface area contributed by atoms with E-state index in [9.17, 15) is 4.79 Å². The topological polar surface area (TPSA) is 26.3 Å². The quantitative estimate of drug-likeness (QED) is 0.805. The first-order valence-corrected chi connectivity index (χ1v) is 7.15. The Labute approximate surface area is 106 Å². The molecule has 0 bridgehead atoms. The molecule has 1 aromatic carbocycles. The molecule has 0 spiro atoms. The zero-order valence-electron chi connectivity index (χ0n) is 9.72. The Morgan fingerprint density at radius 2 is 2.18 bits per heavy atom. The fraction of sp³-hybridized carbons (Fsp3) is 0.500. The zero-order chi connectivity index (χ0) is 11.7. The molecule has 1 aromatic rings. The number of Topliss-reactive ketones (excluding diaryl/α,β-unsaturated/α-hetero) is 1. The minimum atomic E-state index is 0.125. The molecule has 0 radical (unpaired) electrons. The summed E-state index contributed by atoms with van der Waals surface area (Å²) in [6.45, 7) is 1.24. The number of rotatable bonds is 2. The lowest BCUT2D eigenvalue weighted by molar-refractivity contribution is -0.130. The van der Waals surface area contributed by atoms with Crippen LogP contribution in [0.2, 0.25) is 0 Å². The van der Waals surface area contributed by atoms with Gasteiger partial charge >= 0.3 is 0 Å². The Morgan fingerprint density at radius 1 is 1.29 bits per heavy atom. The van der Waals surface area contributed by atoms with Gasteiger partial charge in [-0.2, -0.15) is 0 Å². The molecule has 2 aliphatic heterocycles. The Morgan fingerprint density at radius 3 is 3.06 bits per heavy atom. The smallest absolute Gasteiger partial charge is 0.140 e. The molecule has 2 atom stereocenters. The summed E-state index contributed by atoms with van der Waals surface area (Å²) in [6, 6.07) is 8.56. The maximum Gasteiger partial charge on any atom is 0.140 e. The molecule has 0 N–H and O–H groups in total. The summed E-state index contributed by atoms with van der Waals surface area (Å²) in [5, 5.41) is 0. The van der Waals surface area contributed by atoms with Crippen molar-refractivity contribution in [2.75, 3.05) is 19.0 Å². The minimum absolute atomic E-state index is 0.125. The molecule has 2 heterocycles. The molecule has 0 aliphatic carbocycles. The maximum atomic E-state index is 11.8. The van der Waals surface area contributed by atoms with E-state index in [1.807, 2.05) is 11.8 Å². The van der Waals surface area contributed by atoms with Crippen LogP contribution in [-0.2, 0) is 9.53 Å². The Hall–Kier alpha value is -0.800. The number of ether oxygens (including phenoxy) is 1. The SMILES string of the molecule is O=C1CCOCC1CC1CSc2ccccc21. The lowest BCUT2D eigenvalue weighted by atomic mass is 9.87. The van der Waals surface area contributed by atoms with E-state index in [-0.39, 0.29) is 5.92 Å². The van der Waals surface area contributed by atoms with Crippen LogP contribution in [0.1, 0.15) is 24.3 Å². The predicted octanol–water partition coefficient (Wildman–Crippen LogP) is 2.87. The number of thioether (sulfide) groups is 1. The van der Waals surface area contributed by atoms with Gasteiger partial charge in [-0.1, -0.05) is 18.2 Å². The fourth-order valence-electron chi connectivity index (χ4n) is 2.66. The number of carbonyl (C=O) groups is 1. The Bertz CT molecular complexity index is 430. The highest BCUT2D eigenvalue weighted by molar-refractivity contribution is 7.99. The molecule has 3 heteroatoms. The number of benzene rings is 1. The van der Waals surface area contributed by atoms with E-state index >= 15 is 0 Å². The van der Waals surface area contributed by atoms with Crippen LogP contribution >= 0.6 is 11.8 Å². The van der Waals surface area contributed by atoms with Crippen molar-refractivity contribution >= 4 is 17.5 Å². The number of fused-ring (bicyclic) bond motifs is 1. The van der Waals surface area contributed by atoms with Crippen molar-refractivity contribution in [3.63, 3.8) is 0 Å². The second-order valence-electron chi connectivity index (χ2n) is 4.77. The molecular formula is C14H16O2S. The number of ketones is 1. The van der Waals surface area contributed by atoms with E-state index in [0.717, 1.165) is 12.2 Å².